The largest absolute Gasteiger partial charge is 0.573 e. The van der Waals surface area contributed by atoms with Crippen LogP contribution in [0.25, 0.3) is 10.2 Å². The van der Waals surface area contributed by atoms with Crippen LogP contribution in [0.5, 0.6) is 5.75 Å². The lowest BCUT2D eigenvalue weighted by molar-refractivity contribution is -0.274. The monoisotopic (exact) mass is 469 g/mol. The molecule has 0 aliphatic carbocycles. The van der Waals surface area contributed by atoms with Crippen LogP contribution in [-0.2, 0) is 16.0 Å². The number of carbonyl (C=O) groups is 2. The molecule has 32 heavy (non-hydrogen) atoms. The molecule has 0 fully saturated rings. The highest BCUT2D eigenvalue weighted by atomic mass is 32.1. The Hall–Kier alpha value is -3.54. The number of halogens is 3. The van der Waals surface area contributed by atoms with Crippen LogP contribution in [-0.4, -0.2) is 48.7 Å². The number of nitrogens with one attached hydrogen (secondary N) is 1. The zero-order valence-corrected chi connectivity index (χ0v) is 17.5. The van der Waals surface area contributed by atoms with E-state index in [1.807, 2.05) is 30.3 Å². The molecule has 2 aromatic carbocycles. The average molecular weight is 469 g/mol. The molecule has 0 unspecified atom stereocenters. The van der Waals surface area contributed by atoms with E-state index < -0.39 is 18.5 Å². The Morgan fingerprint density at radius 1 is 1.09 bits per heavy atom. The van der Waals surface area contributed by atoms with Crippen molar-refractivity contribution in [3.8, 4) is 5.75 Å². The zero-order valence-electron chi connectivity index (χ0n) is 16.7. The van der Waals surface area contributed by atoms with E-state index in [1.54, 1.807) is 7.05 Å². The van der Waals surface area contributed by atoms with E-state index in [-0.39, 0.29) is 24.1 Å². The molecule has 2 amide bonds. The molecule has 0 bridgehead atoms. The summed E-state index contributed by atoms with van der Waals surface area (Å²) in [7, 11) is 1.58. The van der Waals surface area contributed by atoms with Crippen molar-refractivity contribution in [2.75, 3.05) is 25.6 Å². The van der Waals surface area contributed by atoms with Crippen molar-refractivity contribution in [2.45, 2.75) is 12.9 Å². The first kappa shape index (κ1) is 23.1. The first-order valence-electron chi connectivity index (χ1n) is 9.21. The van der Waals surface area contributed by atoms with Crippen molar-refractivity contribution in [3.05, 3.63) is 54.1 Å². The molecular weight excluding hydrogens is 451 g/mol. The number of thiazole rings is 1. The molecule has 12 heteroatoms. The summed E-state index contributed by atoms with van der Waals surface area (Å²) in [4.78, 5) is 29.3. The SMILES string of the molecule is CN(Cc1ccccc1)C(=O)OCCOC(=O)Nc1nc2ccc(OC(F)(F)F)cc2s1. The van der Waals surface area contributed by atoms with Gasteiger partial charge in [-0.05, 0) is 17.7 Å². The summed E-state index contributed by atoms with van der Waals surface area (Å²) in [5.74, 6) is -0.387. The van der Waals surface area contributed by atoms with Crippen LogP contribution < -0.4 is 10.1 Å². The second kappa shape index (κ2) is 10.2. The number of alkyl halides is 3. The van der Waals surface area contributed by atoms with Crippen molar-refractivity contribution < 1.29 is 37.0 Å². The van der Waals surface area contributed by atoms with Gasteiger partial charge in [0.05, 0.1) is 10.2 Å². The van der Waals surface area contributed by atoms with Gasteiger partial charge < -0.3 is 19.1 Å². The van der Waals surface area contributed by atoms with Crippen molar-refractivity contribution in [1.29, 1.82) is 0 Å². The Labute approximate surface area is 184 Å². The highest BCUT2D eigenvalue weighted by Gasteiger charge is 2.31. The summed E-state index contributed by atoms with van der Waals surface area (Å²) in [6.07, 6.45) is -6.21. The third kappa shape index (κ3) is 7.01. The number of aromatic nitrogens is 1. The molecule has 0 saturated carbocycles. The number of anilines is 1. The first-order valence-corrected chi connectivity index (χ1v) is 10.0. The predicted molar refractivity (Wildman–Crippen MR) is 111 cm³/mol. The van der Waals surface area contributed by atoms with Gasteiger partial charge in [0.2, 0.25) is 0 Å². The van der Waals surface area contributed by atoms with E-state index in [9.17, 15) is 22.8 Å². The number of fused-ring (bicyclic) bond motifs is 1. The number of hydrogen-bond donors (Lipinski definition) is 1. The summed E-state index contributed by atoms with van der Waals surface area (Å²) >= 11 is 0.952. The average Bonchev–Trinajstić information content (AvgIpc) is 3.11. The normalized spacial score (nSPS) is 11.1. The molecule has 1 N–H and O–H groups in total. The lowest BCUT2D eigenvalue weighted by atomic mass is 10.2. The molecule has 1 aromatic heterocycles. The molecule has 8 nitrogen and oxygen atoms in total. The van der Waals surface area contributed by atoms with Crippen LogP contribution in [0, 0.1) is 0 Å². The van der Waals surface area contributed by atoms with E-state index in [0.717, 1.165) is 23.0 Å². The Morgan fingerprint density at radius 2 is 1.81 bits per heavy atom. The minimum absolute atomic E-state index is 0.133. The van der Waals surface area contributed by atoms with Crippen LogP contribution in [0.3, 0.4) is 0 Å². The minimum Gasteiger partial charge on any atom is -0.446 e. The molecule has 170 valence electrons. The van der Waals surface area contributed by atoms with E-state index >= 15 is 0 Å². The van der Waals surface area contributed by atoms with Crippen molar-refractivity contribution in [2.24, 2.45) is 0 Å². The highest BCUT2D eigenvalue weighted by molar-refractivity contribution is 7.22. The lowest BCUT2D eigenvalue weighted by Crippen LogP contribution is -2.28. The summed E-state index contributed by atoms with van der Waals surface area (Å²) in [5.41, 5.74) is 1.32. The van der Waals surface area contributed by atoms with Crippen molar-refractivity contribution >= 4 is 38.9 Å². The van der Waals surface area contributed by atoms with Crippen LogP contribution >= 0.6 is 11.3 Å². The van der Waals surface area contributed by atoms with E-state index in [2.05, 4.69) is 15.0 Å². The summed E-state index contributed by atoms with van der Waals surface area (Å²) < 4.78 is 51.2. The standard InChI is InChI=1S/C20H18F3N3O5S/c1-26(12-13-5-3-2-4-6-13)19(28)30-10-9-29-18(27)25-17-24-15-8-7-14(11-16(15)32-17)31-20(21,22)23/h2-8,11H,9-10,12H2,1H3,(H,24,25,27). The fraction of sp³-hybridized carbons (Fsp3) is 0.250. The Balaban J connectivity index is 1.41. The van der Waals surface area contributed by atoms with Crippen LogP contribution in [0.4, 0.5) is 27.9 Å². The maximum Gasteiger partial charge on any atom is 0.573 e. The first-order chi connectivity index (χ1) is 15.2. The number of ether oxygens (including phenoxy) is 3. The Morgan fingerprint density at radius 3 is 2.53 bits per heavy atom. The smallest absolute Gasteiger partial charge is 0.446 e. The lowest BCUT2D eigenvalue weighted by Gasteiger charge is -2.17. The topological polar surface area (TPSA) is 90.0 Å². The third-order valence-electron chi connectivity index (χ3n) is 3.92. The number of benzene rings is 2. The number of rotatable bonds is 7. The molecule has 3 rings (SSSR count). The molecule has 0 spiro atoms. The summed E-state index contributed by atoms with van der Waals surface area (Å²) in [6.45, 7) is 0.0307. The molecule has 0 aliphatic heterocycles. The maximum absolute atomic E-state index is 12.3. The van der Waals surface area contributed by atoms with Gasteiger partial charge in [0, 0.05) is 19.7 Å². The number of amides is 2. The molecule has 0 atom stereocenters. The zero-order chi connectivity index (χ0) is 23.1. The molecule has 0 aliphatic rings. The van der Waals surface area contributed by atoms with E-state index in [1.165, 1.54) is 17.0 Å². The Kier molecular flexibility index (Phi) is 7.36. The van der Waals surface area contributed by atoms with Gasteiger partial charge in [0.25, 0.3) is 0 Å². The molecule has 0 radical (unpaired) electrons. The second-order valence-electron chi connectivity index (χ2n) is 6.41. The van der Waals surface area contributed by atoms with Crippen LogP contribution in [0.2, 0.25) is 0 Å². The van der Waals surface area contributed by atoms with Gasteiger partial charge in [0.15, 0.2) is 5.13 Å². The van der Waals surface area contributed by atoms with Crippen molar-refractivity contribution in [1.82, 2.24) is 9.88 Å². The van der Waals surface area contributed by atoms with Gasteiger partial charge >= 0.3 is 18.5 Å². The second-order valence-corrected chi connectivity index (χ2v) is 7.44. The summed E-state index contributed by atoms with van der Waals surface area (Å²) in [6, 6.07) is 13.0. The van der Waals surface area contributed by atoms with Gasteiger partial charge in [-0.2, -0.15) is 0 Å². The summed E-state index contributed by atoms with van der Waals surface area (Å²) in [5, 5.41) is 2.51. The van der Waals surface area contributed by atoms with E-state index in [0.29, 0.717) is 16.8 Å². The van der Waals surface area contributed by atoms with Crippen molar-refractivity contribution in [3.63, 3.8) is 0 Å². The number of carbonyl (C=O) groups excluding carboxylic acids is 2. The number of nitrogens with zero attached hydrogens (tertiary/aromatic N) is 2. The van der Waals surface area contributed by atoms with Gasteiger partial charge in [-0.15, -0.1) is 13.2 Å². The highest BCUT2D eigenvalue weighted by Crippen LogP contribution is 2.31. The predicted octanol–water partition coefficient (Wildman–Crippen LogP) is 5.01. The third-order valence-corrected chi connectivity index (χ3v) is 4.85. The molecular formula is C20H18F3N3O5S. The van der Waals surface area contributed by atoms with Crippen LogP contribution in [0.1, 0.15) is 5.56 Å². The molecule has 0 saturated heterocycles. The molecule has 3 aromatic rings. The maximum atomic E-state index is 12.3. The molecule has 1 heterocycles. The van der Waals surface area contributed by atoms with E-state index in [4.69, 9.17) is 9.47 Å². The van der Waals surface area contributed by atoms with Gasteiger partial charge in [-0.1, -0.05) is 41.7 Å². The fourth-order valence-corrected chi connectivity index (χ4v) is 3.45. The van der Waals surface area contributed by atoms with Gasteiger partial charge in [-0.3, -0.25) is 5.32 Å². The Bertz CT molecular complexity index is 1080. The number of hydrogen-bond acceptors (Lipinski definition) is 7. The van der Waals surface area contributed by atoms with Crippen LogP contribution in [0.15, 0.2) is 48.5 Å². The van der Waals surface area contributed by atoms with Gasteiger partial charge in [-0.25, -0.2) is 14.6 Å². The minimum atomic E-state index is -4.80. The quantitative estimate of drug-likeness (QED) is 0.489. The fourth-order valence-electron chi connectivity index (χ4n) is 2.57. The van der Waals surface area contributed by atoms with Gasteiger partial charge in [0.1, 0.15) is 19.0 Å².